The molecule has 1 aromatic heterocycles. The quantitative estimate of drug-likeness (QED) is 0.710. The third-order valence-corrected chi connectivity index (χ3v) is 6.31. The van der Waals surface area contributed by atoms with Crippen molar-refractivity contribution in [2.45, 2.75) is 32.0 Å². The van der Waals surface area contributed by atoms with E-state index in [1.165, 1.54) is 10.6 Å². The molecule has 1 amide bonds. The summed E-state index contributed by atoms with van der Waals surface area (Å²) in [5, 5.41) is 1.98. The van der Waals surface area contributed by atoms with Crippen LogP contribution in [0.4, 0.5) is 0 Å². The van der Waals surface area contributed by atoms with Gasteiger partial charge >= 0.3 is 0 Å². The average Bonchev–Trinajstić information content (AvgIpc) is 3.27. The third-order valence-electron chi connectivity index (χ3n) is 4.17. The van der Waals surface area contributed by atoms with Gasteiger partial charge in [0.25, 0.3) is 0 Å². The number of rotatable bonds is 8. The molecule has 1 saturated carbocycles. The molecule has 0 unspecified atom stereocenters. The second-order valence-corrected chi connectivity index (χ2v) is 9.32. The summed E-state index contributed by atoms with van der Waals surface area (Å²) < 4.78 is 25.4. The highest BCUT2D eigenvalue weighted by molar-refractivity contribution is 7.88. The zero-order valence-electron chi connectivity index (χ0n) is 14.2. The van der Waals surface area contributed by atoms with Gasteiger partial charge in [0.15, 0.2) is 0 Å². The number of carbonyl (C=O) groups excluding carboxylic acids is 1. The summed E-state index contributed by atoms with van der Waals surface area (Å²) >= 11 is 1.60. The van der Waals surface area contributed by atoms with E-state index in [2.05, 4.69) is 0 Å². The molecule has 2 aromatic rings. The van der Waals surface area contributed by atoms with E-state index in [4.69, 9.17) is 0 Å². The van der Waals surface area contributed by atoms with E-state index < -0.39 is 10.0 Å². The largest absolute Gasteiger partial charge is 0.332 e. The SMILES string of the molecule is CS(=O)(=O)N(CC(=O)N(Cc1ccccc1)Cc1cccs1)C1CC1. The van der Waals surface area contributed by atoms with Crippen LogP contribution in [0.2, 0.25) is 0 Å². The van der Waals surface area contributed by atoms with E-state index in [1.807, 2.05) is 47.8 Å². The molecular formula is C18H22N2O3S2. The van der Waals surface area contributed by atoms with Crippen molar-refractivity contribution in [3.8, 4) is 0 Å². The minimum atomic E-state index is -3.38. The molecule has 1 aliphatic rings. The summed E-state index contributed by atoms with van der Waals surface area (Å²) in [6, 6.07) is 13.7. The number of hydrogen-bond donors (Lipinski definition) is 0. The van der Waals surface area contributed by atoms with E-state index in [1.54, 1.807) is 16.2 Å². The second kappa shape index (κ2) is 7.68. The zero-order chi connectivity index (χ0) is 17.9. The first-order valence-corrected chi connectivity index (χ1v) is 11.0. The lowest BCUT2D eigenvalue weighted by atomic mass is 10.2. The van der Waals surface area contributed by atoms with Crippen LogP contribution in [0.3, 0.4) is 0 Å². The first kappa shape index (κ1) is 18.1. The van der Waals surface area contributed by atoms with Crippen molar-refractivity contribution >= 4 is 27.3 Å². The van der Waals surface area contributed by atoms with Gasteiger partial charge in [0, 0.05) is 17.5 Å². The predicted octanol–water partition coefficient (Wildman–Crippen LogP) is 2.70. The van der Waals surface area contributed by atoms with Crippen LogP contribution in [0.15, 0.2) is 47.8 Å². The minimum Gasteiger partial charge on any atom is -0.332 e. The van der Waals surface area contributed by atoms with E-state index in [-0.39, 0.29) is 18.5 Å². The second-order valence-electron chi connectivity index (χ2n) is 6.35. The third kappa shape index (κ3) is 5.14. The van der Waals surface area contributed by atoms with Crippen molar-refractivity contribution in [3.63, 3.8) is 0 Å². The van der Waals surface area contributed by atoms with Crippen molar-refractivity contribution in [1.82, 2.24) is 9.21 Å². The molecule has 1 aromatic carbocycles. The van der Waals surface area contributed by atoms with Gasteiger partial charge in [-0.05, 0) is 29.9 Å². The van der Waals surface area contributed by atoms with Crippen LogP contribution in [0, 0.1) is 0 Å². The van der Waals surface area contributed by atoms with Crippen LogP contribution in [-0.4, -0.2) is 42.4 Å². The molecule has 0 N–H and O–H groups in total. The van der Waals surface area contributed by atoms with Gasteiger partial charge in [-0.1, -0.05) is 36.4 Å². The Hall–Kier alpha value is -1.70. The number of amides is 1. The molecule has 0 bridgehead atoms. The Morgan fingerprint density at radius 2 is 1.84 bits per heavy atom. The summed E-state index contributed by atoms with van der Waals surface area (Å²) in [5.41, 5.74) is 1.03. The zero-order valence-corrected chi connectivity index (χ0v) is 15.8. The Labute approximate surface area is 152 Å². The molecule has 0 aliphatic heterocycles. The van der Waals surface area contributed by atoms with E-state index in [0.29, 0.717) is 13.1 Å². The molecule has 1 aliphatic carbocycles. The summed E-state index contributed by atoms with van der Waals surface area (Å²) in [7, 11) is -3.38. The summed E-state index contributed by atoms with van der Waals surface area (Å²) in [6.07, 6.45) is 2.85. The van der Waals surface area contributed by atoms with Gasteiger partial charge in [-0.3, -0.25) is 4.79 Å². The first-order valence-electron chi connectivity index (χ1n) is 8.24. The molecular weight excluding hydrogens is 356 g/mol. The highest BCUT2D eigenvalue weighted by Crippen LogP contribution is 2.29. The monoisotopic (exact) mass is 378 g/mol. The Balaban J connectivity index is 1.76. The standard InChI is InChI=1S/C18H22N2O3S2/c1-25(22,23)20(16-9-10-16)14-18(21)19(13-17-8-5-11-24-17)12-15-6-3-2-4-7-15/h2-8,11,16H,9-10,12-14H2,1H3. The van der Waals surface area contributed by atoms with Crippen molar-refractivity contribution in [2.24, 2.45) is 0 Å². The molecule has 5 nitrogen and oxygen atoms in total. The van der Waals surface area contributed by atoms with Crippen molar-refractivity contribution in [1.29, 1.82) is 0 Å². The fourth-order valence-corrected chi connectivity index (χ4v) is 4.56. The van der Waals surface area contributed by atoms with Gasteiger partial charge in [0.2, 0.25) is 15.9 Å². The molecule has 0 radical (unpaired) electrons. The highest BCUT2D eigenvalue weighted by Gasteiger charge is 2.37. The van der Waals surface area contributed by atoms with Gasteiger partial charge in [-0.2, -0.15) is 4.31 Å². The summed E-state index contributed by atoms with van der Waals surface area (Å²) in [6.45, 7) is 0.884. The summed E-state index contributed by atoms with van der Waals surface area (Å²) in [4.78, 5) is 15.7. The summed E-state index contributed by atoms with van der Waals surface area (Å²) in [5.74, 6) is -0.158. The van der Waals surface area contributed by atoms with Crippen molar-refractivity contribution in [3.05, 3.63) is 58.3 Å². The van der Waals surface area contributed by atoms with Gasteiger partial charge in [0.05, 0.1) is 19.3 Å². The molecule has 1 fully saturated rings. The predicted molar refractivity (Wildman–Crippen MR) is 99.6 cm³/mol. The highest BCUT2D eigenvalue weighted by atomic mass is 32.2. The van der Waals surface area contributed by atoms with Crippen molar-refractivity contribution in [2.75, 3.05) is 12.8 Å². The van der Waals surface area contributed by atoms with Gasteiger partial charge in [-0.15, -0.1) is 11.3 Å². The fourth-order valence-electron chi connectivity index (χ4n) is 2.74. The van der Waals surface area contributed by atoms with Crippen LogP contribution in [0.1, 0.15) is 23.3 Å². The van der Waals surface area contributed by atoms with Gasteiger partial charge in [-0.25, -0.2) is 8.42 Å². The maximum atomic E-state index is 12.9. The van der Waals surface area contributed by atoms with Crippen LogP contribution in [0.5, 0.6) is 0 Å². The van der Waals surface area contributed by atoms with Crippen molar-refractivity contribution < 1.29 is 13.2 Å². The fraction of sp³-hybridized carbons (Fsp3) is 0.389. The van der Waals surface area contributed by atoms with Gasteiger partial charge < -0.3 is 4.90 Å². The Morgan fingerprint density at radius 3 is 2.40 bits per heavy atom. The Kier molecular flexibility index (Phi) is 5.56. The Bertz CT molecular complexity index is 800. The molecule has 25 heavy (non-hydrogen) atoms. The molecule has 7 heteroatoms. The van der Waals surface area contributed by atoms with Crippen LogP contribution < -0.4 is 0 Å². The lowest BCUT2D eigenvalue weighted by molar-refractivity contribution is -0.132. The molecule has 134 valence electrons. The number of carbonyl (C=O) groups is 1. The number of thiophene rings is 1. The number of hydrogen-bond acceptors (Lipinski definition) is 4. The van der Waals surface area contributed by atoms with Crippen LogP contribution >= 0.6 is 11.3 Å². The molecule has 3 rings (SSSR count). The molecule has 0 saturated heterocycles. The molecule has 1 heterocycles. The molecule has 0 spiro atoms. The minimum absolute atomic E-state index is 0.0146. The average molecular weight is 379 g/mol. The first-order chi connectivity index (χ1) is 11.9. The van der Waals surface area contributed by atoms with E-state index >= 15 is 0 Å². The van der Waals surface area contributed by atoms with Gasteiger partial charge in [0.1, 0.15) is 0 Å². The number of benzene rings is 1. The smallest absolute Gasteiger partial charge is 0.238 e. The topological polar surface area (TPSA) is 57.7 Å². The van der Waals surface area contributed by atoms with E-state index in [0.717, 1.165) is 23.3 Å². The van der Waals surface area contributed by atoms with Crippen LogP contribution in [0.25, 0.3) is 0 Å². The maximum Gasteiger partial charge on any atom is 0.238 e. The molecule has 0 atom stereocenters. The van der Waals surface area contributed by atoms with Crippen LogP contribution in [-0.2, 0) is 27.9 Å². The Morgan fingerprint density at radius 1 is 1.12 bits per heavy atom. The number of sulfonamides is 1. The maximum absolute atomic E-state index is 12.9. The normalized spacial score (nSPS) is 14.6. The number of nitrogens with zero attached hydrogens (tertiary/aromatic N) is 2. The van der Waals surface area contributed by atoms with E-state index in [9.17, 15) is 13.2 Å². The lowest BCUT2D eigenvalue weighted by Crippen LogP contribution is -2.43. The lowest BCUT2D eigenvalue weighted by Gasteiger charge is -2.26.